The zero-order valence-electron chi connectivity index (χ0n) is 16.0. The number of benzene rings is 1. The normalized spacial score (nSPS) is 18.7. The van der Waals surface area contributed by atoms with Gasteiger partial charge in [0.1, 0.15) is 5.78 Å². The minimum absolute atomic E-state index is 0.144. The van der Waals surface area contributed by atoms with E-state index in [1.54, 1.807) is 19.1 Å². The number of ketones is 1. The third-order valence-corrected chi connectivity index (χ3v) is 4.74. The Kier molecular flexibility index (Phi) is 7.45. The molecule has 0 bridgehead atoms. The molecular weight excluding hydrogens is 432 g/mol. The van der Waals surface area contributed by atoms with Gasteiger partial charge in [-0.25, -0.2) is 9.59 Å². The highest BCUT2D eigenvalue weighted by molar-refractivity contribution is 9.10. The van der Waals surface area contributed by atoms with Crippen molar-refractivity contribution in [2.45, 2.75) is 26.8 Å². The van der Waals surface area contributed by atoms with Crippen molar-refractivity contribution in [3.63, 3.8) is 0 Å². The Morgan fingerprint density at radius 1 is 1.18 bits per heavy atom. The van der Waals surface area contributed by atoms with Gasteiger partial charge in [0.15, 0.2) is 18.1 Å². The third-order valence-electron chi connectivity index (χ3n) is 4.06. The summed E-state index contributed by atoms with van der Waals surface area (Å²) in [5.74, 6) is -0.567. The maximum absolute atomic E-state index is 12.2. The van der Waals surface area contributed by atoms with Crippen molar-refractivity contribution in [1.82, 2.24) is 10.6 Å². The first kappa shape index (κ1) is 21.7. The molecule has 2 N–H and O–H groups in total. The molecule has 9 heteroatoms. The van der Waals surface area contributed by atoms with Crippen LogP contribution in [0.1, 0.15) is 32.4 Å². The van der Waals surface area contributed by atoms with Crippen LogP contribution >= 0.6 is 15.9 Å². The van der Waals surface area contributed by atoms with Crippen molar-refractivity contribution in [1.29, 1.82) is 0 Å². The molecule has 1 aliphatic heterocycles. The lowest BCUT2D eigenvalue weighted by Gasteiger charge is -2.34. The Labute approximate surface area is 171 Å². The van der Waals surface area contributed by atoms with E-state index in [-0.39, 0.29) is 19.0 Å². The lowest BCUT2D eigenvalue weighted by molar-refractivity contribution is -0.145. The van der Waals surface area contributed by atoms with Crippen LogP contribution in [0, 0.1) is 5.92 Å². The van der Waals surface area contributed by atoms with Gasteiger partial charge in [-0.1, -0.05) is 22.5 Å². The van der Waals surface area contributed by atoms with Crippen molar-refractivity contribution in [2.24, 2.45) is 5.92 Å². The summed E-state index contributed by atoms with van der Waals surface area (Å²) in [5.41, 5.74) is 0.955. The van der Waals surface area contributed by atoms with E-state index in [4.69, 9.17) is 14.2 Å². The summed E-state index contributed by atoms with van der Waals surface area (Å²) < 4.78 is 16.6. The number of Topliss-reactive ketones (excluding diaryl/α,β-unsaturated/α-hetero) is 1. The van der Waals surface area contributed by atoms with Crippen LogP contribution in [0.2, 0.25) is 0 Å². The van der Waals surface area contributed by atoms with Gasteiger partial charge in [-0.05, 0) is 38.5 Å². The van der Waals surface area contributed by atoms with Crippen molar-refractivity contribution < 1.29 is 28.6 Å². The summed E-state index contributed by atoms with van der Waals surface area (Å²) >= 11 is 3.46. The van der Waals surface area contributed by atoms with Crippen molar-refractivity contribution in [3.8, 4) is 11.5 Å². The largest absolute Gasteiger partial charge is 0.490 e. The zero-order chi connectivity index (χ0) is 20.8. The van der Waals surface area contributed by atoms with E-state index in [2.05, 4.69) is 33.1 Å². The van der Waals surface area contributed by atoms with Crippen LogP contribution in [-0.4, -0.2) is 37.6 Å². The number of esters is 1. The molecule has 0 radical (unpaired) electrons. The van der Waals surface area contributed by atoms with Gasteiger partial charge in [-0.3, -0.25) is 4.79 Å². The molecule has 1 aromatic rings. The highest BCUT2D eigenvalue weighted by Gasteiger charge is 2.37. The number of halogens is 1. The van der Waals surface area contributed by atoms with Crippen LogP contribution in [0.5, 0.6) is 11.5 Å². The van der Waals surface area contributed by atoms with E-state index in [0.29, 0.717) is 33.8 Å². The molecule has 2 atom stereocenters. The lowest BCUT2D eigenvalue weighted by Crippen LogP contribution is -2.50. The number of rotatable bonds is 8. The molecule has 1 saturated heterocycles. The Morgan fingerprint density at radius 3 is 2.46 bits per heavy atom. The first-order valence-corrected chi connectivity index (χ1v) is 9.59. The average molecular weight is 455 g/mol. The standard InChI is InChI=1S/C19H23BrN2O6/c1-5-26-14-7-12(13(20)8-15(14)28-9-16(24)27-6-2)18-17(11(4)23)10(3)21-19(25)22-18/h7-8,17-18H,3,5-6,9H2,1-2,4H3,(H2,21,22,25)/t17-,18-/m1/s1. The van der Waals surface area contributed by atoms with Crippen LogP contribution in [0.15, 0.2) is 28.9 Å². The fraction of sp³-hybridized carbons (Fsp3) is 0.421. The maximum atomic E-state index is 12.2. The summed E-state index contributed by atoms with van der Waals surface area (Å²) in [4.78, 5) is 35.7. The Balaban J connectivity index is 2.40. The molecule has 0 spiro atoms. The van der Waals surface area contributed by atoms with Gasteiger partial charge in [0.05, 0.1) is 25.2 Å². The number of amides is 2. The molecule has 8 nitrogen and oxygen atoms in total. The van der Waals surface area contributed by atoms with E-state index in [1.165, 1.54) is 6.92 Å². The smallest absolute Gasteiger partial charge is 0.344 e. The van der Waals surface area contributed by atoms with Gasteiger partial charge >= 0.3 is 12.0 Å². The van der Waals surface area contributed by atoms with E-state index < -0.39 is 24.0 Å². The molecule has 0 aliphatic carbocycles. The van der Waals surface area contributed by atoms with Crippen LogP contribution in [0.4, 0.5) is 4.79 Å². The van der Waals surface area contributed by atoms with Crippen molar-refractivity contribution in [2.75, 3.05) is 19.8 Å². The minimum atomic E-state index is -0.644. The number of urea groups is 1. The number of carbonyl (C=O) groups is 3. The number of ether oxygens (including phenoxy) is 3. The second-order valence-electron chi connectivity index (χ2n) is 6.04. The van der Waals surface area contributed by atoms with Gasteiger partial charge in [-0.15, -0.1) is 0 Å². The van der Waals surface area contributed by atoms with Gasteiger partial charge in [0.2, 0.25) is 0 Å². The van der Waals surface area contributed by atoms with Gasteiger partial charge < -0.3 is 24.8 Å². The van der Waals surface area contributed by atoms with Gasteiger partial charge in [-0.2, -0.15) is 0 Å². The number of hydrogen-bond acceptors (Lipinski definition) is 6. The van der Waals surface area contributed by atoms with E-state index in [9.17, 15) is 14.4 Å². The maximum Gasteiger partial charge on any atom is 0.344 e. The molecule has 0 aromatic heterocycles. The summed E-state index contributed by atoms with van der Waals surface area (Å²) in [7, 11) is 0. The van der Waals surface area contributed by atoms with Crippen LogP contribution in [0.3, 0.4) is 0 Å². The number of hydrogen-bond donors (Lipinski definition) is 2. The second-order valence-corrected chi connectivity index (χ2v) is 6.89. The highest BCUT2D eigenvalue weighted by atomic mass is 79.9. The fourth-order valence-corrected chi connectivity index (χ4v) is 3.50. The molecule has 1 aliphatic rings. The molecule has 1 aromatic carbocycles. The summed E-state index contributed by atoms with van der Waals surface area (Å²) in [5, 5.41) is 5.30. The summed E-state index contributed by atoms with van der Waals surface area (Å²) in [6, 6.07) is 2.23. The Morgan fingerprint density at radius 2 is 1.86 bits per heavy atom. The molecule has 2 amide bonds. The second kappa shape index (κ2) is 9.59. The van der Waals surface area contributed by atoms with Crippen molar-refractivity contribution in [3.05, 3.63) is 34.4 Å². The molecule has 1 heterocycles. The molecule has 0 saturated carbocycles. The molecule has 0 unspecified atom stereocenters. The zero-order valence-corrected chi connectivity index (χ0v) is 17.6. The molecule has 28 heavy (non-hydrogen) atoms. The first-order valence-electron chi connectivity index (χ1n) is 8.79. The lowest BCUT2D eigenvalue weighted by atomic mass is 9.86. The van der Waals surface area contributed by atoms with Crippen LogP contribution in [-0.2, 0) is 14.3 Å². The fourth-order valence-electron chi connectivity index (χ4n) is 2.93. The number of carbonyl (C=O) groups excluding carboxylic acids is 3. The van der Waals surface area contributed by atoms with Crippen LogP contribution < -0.4 is 20.1 Å². The minimum Gasteiger partial charge on any atom is -0.490 e. The van der Waals surface area contributed by atoms with Gasteiger partial charge in [0.25, 0.3) is 0 Å². The molecular formula is C19H23BrN2O6. The van der Waals surface area contributed by atoms with Gasteiger partial charge in [0, 0.05) is 10.2 Å². The monoisotopic (exact) mass is 454 g/mol. The predicted molar refractivity (Wildman–Crippen MR) is 105 cm³/mol. The quantitative estimate of drug-likeness (QED) is 0.585. The number of nitrogens with one attached hydrogen (secondary N) is 2. The van der Waals surface area contributed by atoms with Crippen molar-refractivity contribution >= 4 is 33.7 Å². The third kappa shape index (κ3) is 5.03. The van der Waals surface area contributed by atoms with E-state index in [1.807, 2.05) is 6.92 Å². The SMILES string of the molecule is C=C1NC(=O)N[C@H](c2cc(OCC)c(OCC(=O)OCC)cc2Br)[C@H]1C(C)=O. The van der Waals surface area contributed by atoms with E-state index in [0.717, 1.165) is 0 Å². The molecule has 1 fully saturated rings. The van der Waals surface area contributed by atoms with Crippen LogP contribution in [0.25, 0.3) is 0 Å². The average Bonchev–Trinajstić information content (AvgIpc) is 2.60. The Hall–Kier alpha value is -2.55. The summed E-state index contributed by atoms with van der Waals surface area (Å²) in [6.07, 6.45) is 0. The van der Waals surface area contributed by atoms with E-state index >= 15 is 0 Å². The highest BCUT2D eigenvalue weighted by Crippen LogP contribution is 2.40. The topological polar surface area (TPSA) is 103 Å². The Bertz CT molecular complexity index is 795. The summed E-state index contributed by atoms with van der Waals surface area (Å²) in [6.45, 7) is 9.11. The predicted octanol–water partition coefficient (Wildman–Crippen LogP) is 2.86. The first-order chi connectivity index (χ1) is 13.3. The molecule has 2 rings (SSSR count). The molecule has 152 valence electrons.